The summed E-state index contributed by atoms with van der Waals surface area (Å²) in [5, 5.41) is 7.99. The van der Waals surface area contributed by atoms with Gasteiger partial charge in [0.25, 0.3) is 11.5 Å². The first kappa shape index (κ1) is 18.3. The molecule has 2 heterocycles. The number of rotatable bonds is 4. The highest BCUT2D eigenvalue weighted by Crippen LogP contribution is 2.28. The summed E-state index contributed by atoms with van der Waals surface area (Å²) in [6, 6.07) is 15.9. The van der Waals surface area contributed by atoms with Crippen molar-refractivity contribution in [3.05, 3.63) is 86.8 Å². The second-order valence-corrected chi connectivity index (χ2v) is 7.75. The summed E-state index contributed by atoms with van der Waals surface area (Å²) in [4.78, 5) is 29.1. The number of fused-ring (bicyclic) bond motifs is 1. The maximum Gasteiger partial charge on any atom is 0.277 e. The van der Waals surface area contributed by atoms with Crippen LogP contribution in [0.1, 0.15) is 21.6 Å². The fourth-order valence-corrected chi connectivity index (χ4v) is 3.80. The number of nitrogens with one attached hydrogen (secondary N) is 1. The molecule has 0 radical (unpaired) electrons. The molecule has 0 atom stereocenters. The van der Waals surface area contributed by atoms with E-state index in [1.54, 1.807) is 18.2 Å². The van der Waals surface area contributed by atoms with Crippen molar-refractivity contribution in [1.82, 2.24) is 14.8 Å². The average molecular weight is 411 g/mol. The number of thiazole rings is 1. The van der Waals surface area contributed by atoms with E-state index in [9.17, 15) is 9.59 Å². The molecular weight excluding hydrogens is 396 g/mol. The third-order valence-corrected chi connectivity index (χ3v) is 5.29. The molecule has 0 saturated heterocycles. The van der Waals surface area contributed by atoms with Crippen molar-refractivity contribution in [3.63, 3.8) is 0 Å². The van der Waals surface area contributed by atoms with Crippen LogP contribution in [-0.4, -0.2) is 20.7 Å². The van der Waals surface area contributed by atoms with E-state index < -0.39 is 5.91 Å². The van der Waals surface area contributed by atoms with E-state index in [4.69, 9.17) is 11.6 Å². The highest BCUT2D eigenvalue weighted by Gasteiger charge is 2.13. The highest BCUT2D eigenvalue weighted by molar-refractivity contribution is 7.22. The first-order valence-electron chi connectivity index (χ1n) is 8.49. The third kappa shape index (κ3) is 3.95. The van der Waals surface area contributed by atoms with Crippen LogP contribution in [0.4, 0.5) is 5.13 Å². The number of aromatic nitrogens is 3. The molecule has 0 bridgehead atoms. The Morgan fingerprint density at radius 3 is 2.71 bits per heavy atom. The minimum absolute atomic E-state index is 0.143. The van der Waals surface area contributed by atoms with Gasteiger partial charge in [-0.15, -0.1) is 0 Å². The molecule has 4 rings (SSSR count). The van der Waals surface area contributed by atoms with Gasteiger partial charge in [0.2, 0.25) is 0 Å². The molecule has 6 nitrogen and oxygen atoms in total. The summed E-state index contributed by atoms with van der Waals surface area (Å²) in [7, 11) is 0. The number of anilines is 1. The molecule has 2 aromatic carbocycles. The molecule has 8 heteroatoms. The number of hydrogen-bond acceptors (Lipinski definition) is 5. The topological polar surface area (TPSA) is 76.9 Å². The van der Waals surface area contributed by atoms with Gasteiger partial charge >= 0.3 is 0 Å². The molecule has 1 amide bonds. The van der Waals surface area contributed by atoms with E-state index in [1.165, 1.54) is 28.2 Å². The summed E-state index contributed by atoms with van der Waals surface area (Å²) in [6.45, 7) is 2.29. The number of amides is 1. The number of aryl methyl sites for hydroxylation is 1. The van der Waals surface area contributed by atoms with Crippen molar-refractivity contribution < 1.29 is 4.79 Å². The second-order valence-electron chi connectivity index (χ2n) is 6.29. The van der Waals surface area contributed by atoms with Crippen LogP contribution in [0.25, 0.3) is 10.2 Å². The number of nitrogens with zero attached hydrogens (tertiary/aromatic N) is 3. The van der Waals surface area contributed by atoms with Gasteiger partial charge in [-0.1, -0.05) is 52.8 Å². The van der Waals surface area contributed by atoms with Gasteiger partial charge in [0, 0.05) is 11.1 Å². The SMILES string of the molecule is Cc1ccc(Cn2nc(C(=O)Nc3nc4ccc(Cl)cc4s3)ccc2=O)cc1. The monoisotopic (exact) mass is 410 g/mol. The Morgan fingerprint density at radius 1 is 1.14 bits per heavy atom. The van der Waals surface area contributed by atoms with Crippen LogP contribution in [0.3, 0.4) is 0 Å². The molecule has 140 valence electrons. The number of hydrogen-bond donors (Lipinski definition) is 1. The largest absolute Gasteiger partial charge is 0.296 e. The minimum Gasteiger partial charge on any atom is -0.296 e. The van der Waals surface area contributed by atoms with Crippen molar-refractivity contribution in [2.75, 3.05) is 5.32 Å². The van der Waals surface area contributed by atoms with Crippen molar-refractivity contribution in [2.45, 2.75) is 13.5 Å². The Bertz CT molecular complexity index is 1230. The molecule has 28 heavy (non-hydrogen) atoms. The van der Waals surface area contributed by atoms with Gasteiger partial charge in [-0.2, -0.15) is 5.10 Å². The quantitative estimate of drug-likeness (QED) is 0.549. The molecule has 0 saturated carbocycles. The van der Waals surface area contributed by atoms with Gasteiger partial charge in [0.15, 0.2) is 5.13 Å². The predicted molar refractivity (Wildman–Crippen MR) is 111 cm³/mol. The van der Waals surface area contributed by atoms with Gasteiger partial charge in [-0.25, -0.2) is 9.67 Å². The molecule has 0 aliphatic heterocycles. The van der Waals surface area contributed by atoms with Gasteiger partial charge in [0.05, 0.1) is 16.8 Å². The fourth-order valence-electron chi connectivity index (χ4n) is 2.66. The molecule has 0 aliphatic carbocycles. The smallest absolute Gasteiger partial charge is 0.277 e. The minimum atomic E-state index is -0.428. The first-order chi connectivity index (χ1) is 13.5. The molecule has 0 unspecified atom stereocenters. The van der Waals surface area contributed by atoms with Crippen molar-refractivity contribution in [2.24, 2.45) is 0 Å². The van der Waals surface area contributed by atoms with E-state index >= 15 is 0 Å². The summed E-state index contributed by atoms with van der Waals surface area (Å²) >= 11 is 7.31. The zero-order valence-electron chi connectivity index (χ0n) is 14.8. The maximum absolute atomic E-state index is 12.6. The lowest BCUT2D eigenvalue weighted by Gasteiger charge is -2.07. The lowest BCUT2D eigenvalue weighted by Crippen LogP contribution is -2.26. The summed E-state index contributed by atoms with van der Waals surface area (Å²) in [5.74, 6) is -0.428. The van der Waals surface area contributed by atoms with Gasteiger partial charge < -0.3 is 0 Å². The second kappa shape index (κ2) is 7.53. The summed E-state index contributed by atoms with van der Waals surface area (Å²) in [5.41, 5.74) is 2.69. The Balaban J connectivity index is 1.56. The number of carbonyl (C=O) groups is 1. The van der Waals surface area contributed by atoms with Crippen molar-refractivity contribution in [1.29, 1.82) is 0 Å². The summed E-state index contributed by atoms with van der Waals surface area (Å²) < 4.78 is 2.15. The Kier molecular flexibility index (Phi) is 4.93. The zero-order chi connectivity index (χ0) is 19.7. The van der Waals surface area contributed by atoms with Crippen molar-refractivity contribution in [3.8, 4) is 0 Å². The van der Waals surface area contributed by atoms with Gasteiger partial charge in [-0.05, 0) is 36.8 Å². The predicted octanol–water partition coefficient (Wildman–Crippen LogP) is 4.12. The molecular formula is C20H15ClN4O2S. The molecule has 0 fully saturated rings. The van der Waals surface area contributed by atoms with E-state index in [0.717, 1.165) is 21.3 Å². The lowest BCUT2D eigenvalue weighted by atomic mass is 10.1. The Morgan fingerprint density at radius 2 is 1.93 bits per heavy atom. The highest BCUT2D eigenvalue weighted by atomic mass is 35.5. The number of halogens is 1. The third-order valence-electron chi connectivity index (χ3n) is 4.12. The summed E-state index contributed by atoms with van der Waals surface area (Å²) in [6.07, 6.45) is 0. The molecule has 2 aromatic heterocycles. The molecule has 0 aliphatic rings. The standard InChI is InChI=1S/C20H15ClN4O2S/c1-12-2-4-13(5-3-12)11-25-18(26)9-8-16(24-25)19(27)23-20-22-15-7-6-14(21)10-17(15)28-20/h2-10H,11H2,1H3,(H,22,23,27). The van der Waals surface area contributed by atoms with Crippen LogP contribution >= 0.6 is 22.9 Å². The van der Waals surface area contributed by atoms with E-state index in [-0.39, 0.29) is 11.3 Å². The van der Waals surface area contributed by atoms with Gasteiger partial charge in [0.1, 0.15) is 5.69 Å². The Hall–Kier alpha value is -3.03. The lowest BCUT2D eigenvalue weighted by molar-refractivity contribution is 0.102. The van der Waals surface area contributed by atoms with Crippen LogP contribution in [0.15, 0.2) is 59.4 Å². The van der Waals surface area contributed by atoms with Gasteiger partial charge in [-0.3, -0.25) is 14.9 Å². The van der Waals surface area contributed by atoms with Crippen LogP contribution in [0, 0.1) is 6.92 Å². The van der Waals surface area contributed by atoms with Crippen LogP contribution in [0.2, 0.25) is 5.02 Å². The molecule has 4 aromatic rings. The molecule has 0 spiro atoms. The van der Waals surface area contributed by atoms with E-state index in [0.29, 0.717) is 16.7 Å². The normalized spacial score (nSPS) is 10.9. The van der Waals surface area contributed by atoms with E-state index in [1.807, 2.05) is 31.2 Å². The Labute approximate surface area is 169 Å². The van der Waals surface area contributed by atoms with Crippen molar-refractivity contribution >= 4 is 44.2 Å². The fraction of sp³-hybridized carbons (Fsp3) is 0.100. The number of carbonyl (C=O) groups excluding carboxylic acids is 1. The maximum atomic E-state index is 12.6. The number of benzene rings is 2. The zero-order valence-corrected chi connectivity index (χ0v) is 16.4. The first-order valence-corrected chi connectivity index (χ1v) is 9.68. The average Bonchev–Trinajstić information content (AvgIpc) is 3.06. The van der Waals surface area contributed by atoms with Crippen LogP contribution < -0.4 is 10.9 Å². The van der Waals surface area contributed by atoms with Crippen LogP contribution in [0.5, 0.6) is 0 Å². The molecule has 1 N–H and O–H groups in total. The van der Waals surface area contributed by atoms with E-state index in [2.05, 4.69) is 15.4 Å². The van der Waals surface area contributed by atoms with Crippen LogP contribution in [-0.2, 0) is 6.54 Å².